The quantitative estimate of drug-likeness (QED) is 0.358. The lowest BCUT2D eigenvalue weighted by atomic mass is 10.1. The van der Waals surface area contributed by atoms with Crippen LogP contribution >= 0.6 is 0 Å². The minimum Gasteiger partial charge on any atom is -0.497 e. The number of benzene rings is 2. The van der Waals surface area contributed by atoms with Crippen LogP contribution in [0.3, 0.4) is 0 Å². The van der Waals surface area contributed by atoms with Gasteiger partial charge < -0.3 is 19.7 Å². The van der Waals surface area contributed by atoms with Gasteiger partial charge in [-0.3, -0.25) is 14.7 Å². The number of rotatable bonds is 12. The third-order valence-electron chi connectivity index (χ3n) is 6.78. The molecule has 0 saturated carbocycles. The maximum atomic E-state index is 12.9. The van der Waals surface area contributed by atoms with E-state index in [-0.39, 0.29) is 11.8 Å². The fourth-order valence-corrected chi connectivity index (χ4v) is 6.48. The third kappa shape index (κ3) is 9.03. The van der Waals surface area contributed by atoms with Crippen LogP contribution in [0.4, 0.5) is 4.79 Å². The van der Waals surface area contributed by atoms with Gasteiger partial charge >= 0.3 is 6.09 Å². The average molecular weight is 601 g/mol. The number of hydrogen-bond donors (Lipinski definition) is 1. The number of amides is 2. The predicted molar refractivity (Wildman–Crippen MR) is 164 cm³/mol. The molecule has 10 nitrogen and oxygen atoms in total. The Morgan fingerprint density at radius 3 is 2.31 bits per heavy atom. The Morgan fingerprint density at radius 2 is 1.71 bits per heavy atom. The standard InChI is InChI=1S/C31H44N4O6S/c1-22-18-26(40-7)19-23(2)28(22)42(38,39)21-32-15-9-8-10-27(36)34(6)20-24-11-13-25(14-12-24)29-33-16-17-35(29)30(37)41-31(3,4)5/h11-14,18-19,32H,8-10,15-17,20-21H2,1-7H3. The van der Waals surface area contributed by atoms with Crippen LogP contribution in [0.25, 0.3) is 0 Å². The van der Waals surface area contributed by atoms with Crippen molar-refractivity contribution in [2.24, 2.45) is 4.99 Å². The second kappa shape index (κ2) is 14.2. The summed E-state index contributed by atoms with van der Waals surface area (Å²) in [5.41, 5.74) is 2.52. The van der Waals surface area contributed by atoms with Gasteiger partial charge in [0.2, 0.25) is 5.91 Å². The summed E-state index contributed by atoms with van der Waals surface area (Å²) in [6.07, 6.45) is 1.30. The van der Waals surface area contributed by atoms with E-state index in [1.165, 1.54) is 0 Å². The summed E-state index contributed by atoms with van der Waals surface area (Å²) < 4.78 is 36.5. The number of ether oxygens (including phenoxy) is 2. The number of unbranched alkanes of at least 4 members (excludes halogenated alkanes) is 1. The van der Waals surface area contributed by atoms with Crippen LogP contribution in [0.5, 0.6) is 5.75 Å². The molecular formula is C31H44N4O6S. The third-order valence-corrected chi connectivity index (χ3v) is 8.63. The number of sulfone groups is 1. The first kappa shape index (κ1) is 33.1. The van der Waals surface area contributed by atoms with Gasteiger partial charge in [0, 0.05) is 25.6 Å². The molecule has 0 aliphatic carbocycles. The van der Waals surface area contributed by atoms with E-state index >= 15 is 0 Å². The minimum atomic E-state index is -3.50. The molecule has 2 aromatic carbocycles. The molecule has 0 unspecified atom stereocenters. The summed E-state index contributed by atoms with van der Waals surface area (Å²) in [6.45, 7) is 11.0. The van der Waals surface area contributed by atoms with E-state index in [4.69, 9.17) is 9.47 Å². The predicted octanol–water partition coefficient (Wildman–Crippen LogP) is 4.46. The number of carbonyl (C=O) groups excluding carboxylic acids is 2. The van der Waals surface area contributed by atoms with Crippen molar-refractivity contribution in [2.45, 2.75) is 70.9 Å². The number of aryl methyl sites for hydroxylation is 2. The van der Waals surface area contributed by atoms with Gasteiger partial charge in [-0.1, -0.05) is 24.3 Å². The lowest BCUT2D eigenvalue weighted by Crippen LogP contribution is -2.39. The van der Waals surface area contributed by atoms with Crippen molar-refractivity contribution >= 4 is 27.7 Å². The molecule has 42 heavy (non-hydrogen) atoms. The van der Waals surface area contributed by atoms with Gasteiger partial charge in [0.25, 0.3) is 0 Å². The SMILES string of the molecule is COc1cc(C)c(S(=O)(=O)CNCCCCC(=O)N(C)Cc2ccc(C3=NCCN3C(=O)OC(C)(C)C)cc2)c(C)c1. The lowest BCUT2D eigenvalue weighted by Gasteiger charge is -2.25. The van der Waals surface area contributed by atoms with Crippen LogP contribution in [-0.4, -0.2) is 81.3 Å². The summed E-state index contributed by atoms with van der Waals surface area (Å²) in [5.74, 6) is 1.09. The molecule has 0 atom stereocenters. The van der Waals surface area contributed by atoms with Gasteiger partial charge in [0.15, 0.2) is 9.84 Å². The van der Waals surface area contributed by atoms with E-state index in [1.807, 2.05) is 45.0 Å². The number of carbonyl (C=O) groups is 2. The van der Waals surface area contributed by atoms with Crippen LogP contribution in [-0.2, 0) is 25.9 Å². The van der Waals surface area contributed by atoms with Crippen LogP contribution in [0.15, 0.2) is 46.3 Å². The normalized spacial score (nSPS) is 13.6. The maximum absolute atomic E-state index is 12.9. The molecule has 1 aliphatic heterocycles. The molecule has 0 radical (unpaired) electrons. The monoisotopic (exact) mass is 600 g/mol. The van der Waals surface area contributed by atoms with Gasteiger partial charge in [-0.05, 0) is 82.8 Å². The Balaban J connectivity index is 1.42. The Hall–Kier alpha value is -3.44. The first-order valence-electron chi connectivity index (χ1n) is 14.2. The summed E-state index contributed by atoms with van der Waals surface area (Å²) in [7, 11) is -0.171. The molecule has 1 aliphatic rings. The summed E-state index contributed by atoms with van der Waals surface area (Å²) in [6, 6.07) is 11.1. The molecule has 230 valence electrons. The molecule has 2 aromatic rings. The van der Waals surface area contributed by atoms with Gasteiger partial charge in [0.05, 0.1) is 25.1 Å². The second-order valence-corrected chi connectivity index (χ2v) is 13.5. The Bertz CT molecular complexity index is 1370. The highest BCUT2D eigenvalue weighted by Crippen LogP contribution is 2.26. The molecule has 1 N–H and O–H groups in total. The zero-order valence-corrected chi connectivity index (χ0v) is 26.6. The molecule has 2 amide bonds. The number of nitrogens with zero attached hydrogens (tertiary/aromatic N) is 3. The van der Waals surface area contributed by atoms with Crippen molar-refractivity contribution in [3.05, 3.63) is 58.7 Å². The first-order chi connectivity index (χ1) is 19.7. The van der Waals surface area contributed by atoms with E-state index in [2.05, 4.69) is 10.3 Å². The van der Waals surface area contributed by atoms with E-state index in [0.29, 0.717) is 73.0 Å². The minimum absolute atomic E-state index is 0.0208. The van der Waals surface area contributed by atoms with Crippen LogP contribution < -0.4 is 10.1 Å². The fourth-order valence-electron chi connectivity index (χ4n) is 4.83. The summed E-state index contributed by atoms with van der Waals surface area (Å²) in [4.78, 5) is 33.3. The molecule has 0 bridgehead atoms. The van der Waals surface area contributed by atoms with Crippen LogP contribution in [0.1, 0.15) is 62.3 Å². The number of aliphatic imine (C=N–C) groups is 1. The zero-order valence-electron chi connectivity index (χ0n) is 25.8. The highest BCUT2D eigenvalue weighted by Gasteiger charge is 2.29. The van der Waals surface area contributed by atoms with E-state index in [1.54, 1.807) is 49.9 Å². The molecular weight excluding hydrogens is 556 g/mol. The molecule has 0 spiro atoms. The molecule has 11 heteroatoms. The number of amidine groups is 1. The van der Waals surface area contributed by atoms with Crippen LogP contribution in [0, 0.1) is 13.8 Å². The van der Waals surface area contributed by atoms with Crippen molar-refractivity contribution in [3.63, 3.8) is 0 Å². The van der Waals surface area contributed by atoms with Crippen molar-refractivity contribution in [1.29, 1.82) is 0 Å². The molecule has 0 aromatic heterocycles. The Labute approximate surface area is 250 Å². The fraction of sp³-hybridized carbons (Fsp3) is 0.516. The smallest absolute Gasteiger partial charge is 0.416 e. The van der Waals surface area contributed by atoms with E-state index in [0.717, 1.165) is 11.1 Å². The van der Waals surface area contributed by atoms with E-state index in [9.17, 15) is 18.0 Å². The Morgan fingerprint density at radius 1 is 1.07 bits per heavy atom. The zero-order chi connectivity index (χ0) is 31.1. The van der Waals surface area contributed by atoms with Crippen molar-refractivity contribution in [2.75, 3.05) is 39.7 Å². The van der Waals surface area contributed by atoms with Crippen molar-refractivity contribution in [1.82, 2.24) is 15.1 Å². The molecule has 0 saturated heterocycles. The molecule has 1 heterocycles. The average Bonchev–Trinajstić information content (AvgIpc) is 3.39. The largest absolute Gasteiger partial charge is 0.497 e. The number of methoxy groups -OCH3 is 1. The lowest BCUT2D eigenvalue weighted by molar-refractivity contribution is -0.130. The highest BCUT2D eigenvalue weighted by molar-refractivity contribution is 7.91. The second-order valence-electron chi connectivity index (χ2n) is 11.6. The van der Waals surface area contributed by atoms with Gasteiger partial charge in [-0.15, -0.1) is 0 Å². The van der Waals surface area contributed by atoms with Gasteiger partial charge in [-0.25, -0.2) is 13.2 Å². The van der Waals surface area contributed by atoms with Gasteiger partial charge in [-0.2, -0.15) is 0 Å². The molecule has 3 rings (SSSR count). The van der Waals surface area contributed by atoms with Crippen molar-refractivity contribution in [3.8, 4) is 5.75 Å². The first-order valence-corrected chi connectivity index (χ1v) is 15.8. The van der Waals surface area contributed by atoms with E-state index < -0.39 is 21.5 Å². The number of hydrogen-bond acceptors (Lipinski definition) is 8. The summed E-state index contributed by atoms with van der Waals surface area (Å²) in [5, 5.41) is 3.01. The van der Waals surface area contributed by atoms with Crippen LogP contribution in [0.2, 0.25) is 0 Å². The topological polar surface area (TPSA) is 118 Å². The maximum Gasteiger partial charge on any atom is 0.416 e. The van der Waals surface area contributed by atoms with Gasteiger partial charge in [0.1, 0.15) is 23.1 Å². The van der Waals surface area contributed by atoms with Crippen molar-refractivity contribution < 1.29 is 27.5 Å². The highest BCUT2D eigenvalue weighted by atomic mass is 32.2. The summed E-state index contributed by atoms with van der Waals surface area (Å²) >= 11 is 0. The molecule has 0 fully saturated rings. The number of nitrogens with one attached hydrogen (secondary N) is 1. The Kier molecular flexibility index (Phi) is 11.1.